The van der Waals surface area contributed by atoms with E-state index in [1.807, 2.05) is 36.0 Å². The maximum atomic E-state index is 12.7. The van der Waals surface area contributed by atoms with Crippen LogP contribution in [0.15, 0.2) is 71.6 Å². The summed E-state index contributed by atoms with van der Waals surface area (Å²) in [6.45, 7) is 2.60. The molecule has 0 radical (unpaired) electrons. The van der Waals surface area contributed by atoms with Crippen molar-refractivity contribution in [3.63, 3.8) is 0 Å². The molecule has 0 fully saturated rings. The highest BCUT2D eigenvalue weighted by molar-refractivity contribution is 9.10. The number of nitrogens with zero attached hydrogens (tertiary/aromatic N) is 4. The van der Waals surface area contributed by atoms with Crippen LogP contribution in [0.3, 0.4) is 0 Å². The molecule has 0 bridgehead atoms. The molecule has 142 valence electrons. The van der Waals surface area contributed by atoms with Crippen LogP contribution >= 0.6 is 15.9 Å². The summed E-state index contributed by atoms with van der Waals surface area (Å²) in [6, 6.07) is 16.0. The largest absolute Gasteiger partial charge is 0.307 e. The summed E-state index contributed by atoms with van der Waals surface area (Å²) in [5.41, 5.74) is 1.19. The number of anilines is 1. The van der Waals surface area contributed by atoms with E-state index in [-0.39, 0.29) is 11.9 Å². The van der Waals surface area contributed by atoms with Crippen LogP contribution in [0.2, 0.25) is 0 Å². The van der Waals surface area contributed by atoms with E-state index in [1.54, 1.807) is 17.1 Å². The number of hydrogen-bond acceptors (Lipinski definition) is 3. The fourth-order valence-corrected chi connectivity index (χ4v) is 3.61. The van der Waals surface area contributed by atoms with Gasteiger partial charge in [0.1, 0.15) is 6.04 Å². The average molecular weight is 438 g/mol. The van der Waals surface area contributed by atoms with Gasteiger partial charge in [0.2, 0.25) is 5.91 Å². The molecule has 1 unspecified atom stereocenters. The Morgan fingerprint density at radius 1 is 1.18 bits per heavy atom. The molecule has 28 heavy (non-hydrogen) atoms. The van der Waals surface area contributed by atoms with Gasteiger partial charge in [-0.3, -0.25) is 14.2 Å². The van der Waals surface area contributed by atoms with Crippen molar-refractivity contribution in [3.05, 3.63) is 77.2 Å². The molecule has 4 rings (SSSR count). The molecule has 2 aromatic carbocycles. The van der Waals surface area contributed by atoms with Crippen molar-refractivity contribution in [1.29, 1.82) is 0 Å². The van der Waals surface area contributed by atoms with Gasteiger partial charge in [0.25, 0.3) is 0 Å². The summed E-state index contributed by atoms with van der Waals surface area (Å²) in [4.78, 5) is 12.7. The maximum Gasteiger partial charge on any atom is 0.250 e. The van der Waals surface area contributed by atoms with E-state index in [2.05, 4.69) is 61.8 Å². The summed E-state index contributed by atoms with van der Waals surface area (Å²) < 4.78 is 4.34. The van der Waals surface area contributed by atoms with E-state index in [9.17, 15) is 4.79 Å². The lowest BCUT2D eigenvalue weighted by atomic mass is 10.0. The molecule has 0 spiro atoms. The molecule has 0 aliphatic carbocycles. The zero-order valence-electron chi connectivity index (χ0n) is 15.4. The van der Waals surface area contributed by atoms with Crippen LogP contribution in [-0.2, 0) is 11.3 Å². The Bertz CT molecular complexity index is 1110. The number of rotatable bonds is 6. The second kappa shape index (κ2) is 7.98. The fraction of sp³-hybridized carbons (Fsp3) is 0.190. The molecule has 7 heteroatoms. The molecule has 0 aliphatic rings. The van der Waals surface area contributed by atoms with Gasteiger partial charge in [-0.05, 0) is 38.7 Å². The van der Waals surface area contributed by atoms with Crippen molar-refractivity contribution in [2.75, 3.05) is 5.32 Å². The number of amides is 1. The summed E-state index contributed by atoms with van der Waals surface area (Å²) in [5, 5.41) is 14.0. The first-order valence-electron chi connectivity index (χ1n) is 9.14. The predicted molar refractivity (Wildman–Crippen MR) is 113 cm³/mol. The number of carbonyl (C=O) groups excluding carboxylic acids is 1. The van der Waals surface area contributed by atoms with Gasteiger partial charge in [-0.15, -0.1) is 0 Å². The second-order valence-electron chi connectivity index (χ2n) is 6.59. The zero-order valence-corrected chi connectivity index (χ0v) is 17.0. The second-order valence-corrected chi connectivity index (χ2v) is 7.50. The van der Waals surface area contributed by atoms with Gasteiger partial charge in [-0.1, -0.05) is 49.4 Å². The first-order chi connectivity index (χ1) is 13.6. The Morgan fingerprint density at radius 2 is 2.00 bits per heavy atom. The van der Waals surface area contributed by atoms with Crippen molar-refractivity contribution in [2.45, 2.75) is 25.9 Å². The standard InChI is InChI=1S/C21H20BrN5O/c1-2-19(27-14-17(22)12-23-27)21(28)24-20-10-11-26(25-20)13-16-8-5-7-15-6-3-4-9-18(15)16/h3-12,14,19H,2,13H2,1H3,(H,24,25,28). The highest BCUT2D eigenvalue weighted by Crippen LogP contribution is 2.20. The minimum atomic E-state index is -0.380. The van der Waals surface area contributed by atoms with E-state index in [0.717, 1.165) is 4.47 Å². The van der Waals surface area contributed by atoms with Crippen molar-refractivity contribution in [3.8, 4) is 0 Å². The van der Waals surface area contributed by atoms with Crippen molar-refractivity contribution in [2.24, 2.45) is 0 Å². The molecule has 2 aromatic heterocycles. The number of benzene rings is 2. The Kier molecular flexibility index (Phi) is 5.25. The van der Waals surface area contributed by atoms with Crippen LogP contribution in [0.25, 0.3) is 10.8 Å². The first kappa shape index (κ1) is 18.4. The topological polar surface area (TPSA) is 64.7 Å². The van der Waals surface area contributed by atoms with Gasteiger partial charge in [-0.25, -0.2) is 0 Å². The van der Waals surface area contributed by atoms with Gasteiger partial charge < -0.3 is 5.32 Å². The van der Waals surface area contributed by atoms with Crippen molar-refractivity contribution < 1.29 is 4.79 Å². The number of carbonyl (C=O) groups is 1. The minimum Gasteiger partial charge on any atom is -0.307 e. The van der Waals surface area contributed by atoms with E-state index in [4.69, 9.17) is 0 Å². The molecule has 0 saturated carbocycles. The number of halogens is 1. The third-order valence-corrected chi connectivity index (χ3v) is 5.09. The maximum absolute atomic E-state index is 12.7. The van der Waals surface area contributed by atoms with Gasteiger partial charge in [-0.2, -0.15) is 10.2 Å². The van der Waals surface area contributed by atoms with Gasteiger partial charge in [0, 0.05) is 18.5 Å². The quantitative estimate of drug-likeness (QED) is 0.477. The predicted octanol–water partition coefficient (Wildman–Crippen LogP) is 4.63. The zero-order chi connectivity index (χ0) is 19.5. The normalized spacial score (nSPS) is 12.2. The average Bonchev–Trinajstić information content (AvgIpc) is 3.32. The summed E-state index contributed by atoms with van der Waals surface area (Å²) in [6.07, 6.45) is 5.99. The van der Waals surface area contributed by atoms with Crippen LogP contribution < -0.4 is 5.32 Å². The lowest BCUT2D eigenvalue weighted by molar-refractivity contribution is -0.119. The van der Waals surface area contributed by atoms with E-state index >= 15 is 0 Å². The molecule has 1 N–H and O–H groups in total. The number of fused-ring (bicyclic) bond motifs is 1. The SMILES string of the molecule is CCC(C(=O)Nc1ccn(Cc2cccc3ccccc23)n1)n1cc(Br)cn1. The smallest absolute Gasteiger partial charge is 0.250 e. The Balaban J connectivity index is 1.49. The number of hydrogen-bond donors (Lipinski definition) is 1. The number of aromatic nitrogens is 4. The molecule has 0 saturated heterocycles. The third-order valence-electron chi connectivity index (χ3n) is 4.68. The van der Waals surface area contributed by atoms with E-state index < -0.39 is 0 Å². The highest BCUT2D eigenvalue weighted by atomic mass is 79.9. The van der Waals surface area contributed by atoms with Crippen LogP contribution in [0, 0.1) is 0 Å². The Morgan fingerprint density at radius 3 is 2.79 bits per heavy atom. The molecule has 6 nitrogen and oxygen atoms in total. The van der Waals surface area contributed by atoms with Crippen LogP contribution in [-0.4, -0.2) is 25.5 Å². The van der Waals surface area contributed by atoms with Crippen molar-refractivity contribution in [1.82, 2.24) is 19.6 Å². The van der Waals surface area contributed by atoms with Crippen LogP contribution in [0.1, 0.15) is 24.9 Å². The first-order valence-corrected chi connectivity index (χ1v) is 9.94. The molecule has 0 aliphatic heterocycles. The highest BCUT2D eigenvalue weighted by Gasteiger charge is 2.20. The van der Waals surface area contributed by atoms with E-state index in [1.165, 1.54) is 16.3 Å². The van der Waals surface area contributed by atoms with Gasteiger partial charge in [0.05, 0.1) is 17.2 Å². The third kappa shape index (κ3) is 3.84. The minimum absolute atomic E-state index is 0.131. The van der Waals surface area contributed by atoms with Gasteiger partial charge >= 0.3 is 0 Å². The summed E-state index contributed by atoms with van der Waals surface area (Å²) >= 11 is 3.37. The lowest BCUT2D eigenvalue weighted by Crippen LogP contribution is -2.26. The Hall–Kier alpha value is -2.93. The van der Waals surface area contributed by atoms with Crippen LogP contribution in [0.4, 0.5) is 5.82 Å². The summed E-state index contributed by atoms with van der Waals surface area (Å²) in [5.74, 6) is 0.406. The van der Waals surface area contributed by atoms with Crippen molar-refractivity contribution >= 4 is 38.4 Å². The molecule has 1 atom stereocenters. The fourth-order valence-electron chi connectivity index (χ4n) is 3.31. The molecular weight excluding hydrogens is 418 g/mol. The molecule has 4 aromatic rings. The van der Waals surface area contributed by atoms with Gasteiger partial charge in [0.15, 0.2) is 5.82 Å². The Labute approximate surface area is 171 Å². The molecule has 1 amide bonds. The molecule has 2 heterocycles. The lowest BCUT2D eigenvalue weighted by Gasteiger charge is -2.14. The van der Waals surface area contributed by atoms with Crippen LogP contribution in [0.5, 0.6) is 0 Å². The van der Waals surface area contributed by atoms with E-state index in [0.29, 0.717) is 18.8 Å². The number of nitrogens with one attached hydrogen (secondary N) is 1. The summed E-state index contributed by atoms with van der Waals surface area (Å²) in [7, 11) is 0. The molecular formula is C21H20BrN5O. The monoisotopic (exact) mass is 437 g/mol.